The third kappa shape index (κ3) is 2.74. The van der Waals surface area contributed by atoms with Crippen LogP contribution in [0.15, 0.2) is 36.5 Å². The van der Waals surface area contributed by atoms with Gasteiger partial charge in [0.15, 0.2) is 5.11 Å². The summed E-state index contributed by atoms with van der Waals surface area (Å²) in [6, 6.07) is 10.1. The molecule has 1 aromatic carbocycles. The molecule has 0 aliphatic carbocycles. The molecule has 1 aliphatic rings. The fraction of sp³-hybridized carbons (Fsp3) is 0.353. The Morgan fingerprint density at radius 2 is 2.04 bits per heavy atom. The summed E-state index contributed by atoms with van der Waals surface area (Å²) in [6.45, 7) is 1.75. The Labute approximate surface area is 141 Å². The van der Waals surface area contributed by atoms with E-state index in [-0.39, 0.29) is 6.04 Å². The third-order valence-corrected chi connectivity index (χ3v) is 4.68. The molecular weight excluding hydrogens is 310 g/mol. The lowest BCUT2D eigenvalue weighted by atomic mass is 9.99. The van der Waals surface area contributed by atoms with E-state index in [1.54, 1.807) is 14.2 Å². The smallest absolute Gasteiger partial charge is 0.169 e. The van der Waals surface area contributed by atoms with Gasteiger partial charge in [-0.15, -0.1) is 0 Å². The number of aromatic nitrogens is 1. The Hall–Kier alpha value is -2.21. The quantitative estimate of drug-likeness (QED) is 0.875. The highest BCUT2D eigenvalue weighted by Gasteiger charge is 2.32. The van der Waals surface area contributed by atoms with Crippen molar-refractivity contribution in [2.75, 3.05) is 27.8 Å². The van der Waals surface area contributed by atoms with Gasteiger partial charge < -0.3 is 24.3 Å². The van der Waals surface area contributed by atoms with E-state index < -0.39 is 0 Å². The zero-order valence-electron chi connectivity index (χ0n) is 13.6. The van der Waals surface area contributed by atoms with Crippen LogP contribution in [0.2, 0.25) is 0 Å². The van der Waals surface area contributed by atoms with Crippen LogP contribution in [0, 0.1) is 0 Å². The number of benzene rings is 1. The molecule has 2 heterocycles. The minimum absolute atomic E-state index is 0.0104. The molecule has 1 N–H and O–H groups in total. The predicted molar refractivity (Wildman–Crippen MR) is 94.2 cm³/mol. The van der Waals surface area contributed by atoms with Gasteiger partial charge in [0.25, 0.3) is 0 Å². The van der Waals surface area contributed by atoms with E-state index in [9.17, 15) is 0 Å². The Kier molecular flexibility index (Phi) is 4.43. The highest BCUT2D eigenvalue weighted by molar-refractivity contribution is 7.80. The minimum Gasteiger partial charge on any atom is -0.497 e. The maximum atomic E-state index is 5.60. The average Bonchev–Trinajstić information content (AvgIpc) is 3.08. The van der Waals surface area contributed by atoms with Crippen molar-refractivity contribution in [2.45, 2.75) is 12.6 Å². The Bertz CT molecular complexity index is 714. The van der Waals surface area contributed by atoms with Crippen molar-refractivity contribution in [3.8, 4) is 11.5 Å². The number of fused-ring (bicyclic) bond motifs is 1. The summed E-state index contributed by atoms with van der Waals surface area (Å²) in [4.78, 5) is 2.20. The van der Waals surface area contributed by atoms with Crippen LogP contribution >= 0.6 is 12.2 Å². The number of hydrogen-bond donors (Lipinski definition) is 1. The standard InChI is InChI=1S/C17H21N3O2S/c1-18-17(23)20-10-9-19-8-4-5-14(19)16(20)13-11-12(21-2)6-7-15(13)22-3/h4-8,11,16H,9-10H2,1-3H3,(H,18,23)/t16-/m1/s1. The normalized spacial score (nSPS) is 16.7. The third-order valence-electron chi connectivity index (χ3n) is 4.24. The molecule has 0 radical (unpaired) electrons. The van der Waals surface area contributed by atoms with Crippen LogP contribution in [0.1, 0.15) is 17.3 Å². The molecule has 3 rings (SSSR count). The Morgan fingerprint density at radius 3 is 2.74 bits per heavy atom. The molecule has 1 atom stereocenters. The fourth-order valence-corrected chi connectivity index (χ4v) is 3.32. The van der Waals surface area contributed by atoms with Crippen molar-refractivity contribution in [2.24, 2.45) is 0 Å². The van der Waals surface area contributed by atoms with E-state index in [0.717, 1.165) is 35.3 Å². The van der Waals surface area contributed by atoms with Crippen molar-refractivity contribution < 1.29 is 9.47 Å². The van der Waals surface area contributed by atoms with Gasteiger partial charge in [0.2, 0.25) is 0 Å². The largest absolute Gasteiger partial charge is 0.497 e. The van der Waals surface area contributed by atoms with Gasteiger partial charge in [-0.3, -0.25) is 0 Å². The van der Waals surface area contributed by atoms with Crippen LogP contribution in [-0.2, 0) is 6.54 Å². The molecule has 5 nitrogen and oxygen atoms in total. The summed E-state index contributed by atoms with van der Waals surface area (Å²) in [5, 5.41) is 3.83. The van der Waals surface area contributed by atoms with Crippen molar-refractivity contribution in [3.05, 3.63) is 47.8 Å². The van der Waals surface area contributed by atoms with Gasteiger partial charge in [-0.05, 0) is 42.5 Å². The van der Waals surface area contributed by atoms with E-state index in [0.29, 0.717) is 0 Å². The van der Waals surface area contributed by atoms with Gasteiger partial charge in [-0.2, -0.15) is 0 Å². The summed E-state index contributed by atoms with van der Waals surface area (Å²) < 4.78 is 13.3. The molecule has 1 aromatic heterocycles. The van der Waals surface area contributed by atoms with Gasteiger partial charge in [0, 0.05) is 37.6 Å². The lowest BCUT2D eigenvalue weighted by Crippen LogP contribution is -2.46. The first-order valence-corrected chi connectivity index (χ1v) is 7.95. The van der Waals surface area contributed by atoms with Crippen LogP contribution in [0.5, 0.6) is 11.5 Å². The van der Waals surface area contributed by atoms with Gasteiger partial charge in [0.1, 0.15) is 17.5 Å². The van der Waals surface area contributed by atoms with Crippen LogP contribution < -0.4 is 14.8 Å². The molecule has 0 amide bonds. The van der Waals surface area contributed by atoms with Crippen molar-refractivity contribution in [3.63, 3.8) is 0 Å². The lowest BCUT2D eigenvalue weighted by Gasteiger charge is -2.39. The number of ether oxygens (including phenoxy) is 2. The zero-order valence-corrected chi connectivity index (χ0v) is 14.4. The first kappa shape index (κ1) is 15.7. The molecule has 1 aliphatic heterocycles. The topological polar surface area (TPSA) is 38.7 Å². The summed E-state index contributed by atoms with van der Waals surface area (Å²) in [5.41, 5.74) is 2.24. The molecule has 0 unspecified atom stereocenters. The Balaban J connectivity index is 2.15. The fourth-order valence-electron chi connectivity index (χ4n) is 3.13. The van der Waals surface area contributed by atoms with E-state index >= 15 is 0 Å². The number of thiocarbonyl (C=S) groups is 1. The predicted octanol–water partition coefficient (Wildman–Crippen LogP) is 2.41. The van der Waals surface area contributed by atoms with Crippen LogP contribution in [0.4, 0.5) is 0 Å². The average molecular weight is 331 g/mol. The minimum atomic E-state index is -0.0104. The number of nitrogens with one attached hydrogen (secondary N) is 1. The van der Waals surface area contributed by atoms with Gasteiger partial charge in [-0.25, -0.2) is 0 Å². The Morgan fingerprint density at radius 1 is 1.22 bits per heavy atom. The SMILES string of the molecule is CNC(=S)N1CCn2cccc2[C@H]1c1cc(OC)ccc1OC. The number of nitrogens with zero attached hydrogens (tertiary/aromatic N) is 2. The lowest BCUT2D eigenvalue weighted by molar-refractivity contribution is 0.279. The van der Waals surface area contributed by atoms with Gasteiger partial charge >= 0.3 is 0 Å². The molecule has 23 heavy (non-hydrogen) atoms. The molecule has 0 saturated carbocycles. The molecule has 0 bridgehead atoms. The van der Waals surface area contributed by atoms with E-state index in [1.807, 2.05) is 25.2 Å². The van der Waals surface area contributed by atoms with E-state index in [2.05, 4.69) is 33.1 Å². The van der Waals surface area contributed by atoms with Crippen LogP contribution in [0.25, 0.3) is 0 Å². The maximum absolute atomic E-state index is 5.60. The number of methoxy groups -OCH3 is 2. The molecule has 0 fully saturated rings. The highest BCUT2D eigenvalue weighted by atomic mass is 32.1. The second kappa shape index (κ2) is 6.50. The number of rotatable bonds is 3. The summed E-state index contributed by atoms with van der Waals surface area (Å²) in [6.07, 6.45) is 2.11. The summed E-state index contributed by atoms with van der Waals surface area (Å²) >= 11 is 5.53. The molecule has 0 saturated heterocycles. The first-order chi connectivity index (χ1) is 11.2. The summed E-state index contributed by atoms with van der Waals surface area (Å²) in [7, 11) is 5.22. The number of hydrogen-bond acceptors (Lipinski definition) is 3. The second-order valence-electron chi connectivity index (χ2n) is 5.39. The zero-order chi connectivity index (χ0) is 16.4. The first-order valence-electron chi connectivity index (χ1n) is 7.55. The van der Waals surface area contributed by atoms with E-state index in [4.69, 9.17) is 21.7 Å². The molecule has 6 heteroatoms. The summed E-state index contributed by atoms with van der Waals surface area (Å²) in [5.74, 6) is 1.63. The van der Waals surface area contributed by atoms with Gasteiger partial charge in [0.05, 0.1) is 14.2 Å². The monoisotopic (exact) mass is 331 g/mol. The van der Waals surface area contributed by atoms with E-state index in [1.165, 1.54) is 5.69 Å². The molecular formula is C17H21N3O2S. The van der Waals surface area contributed by atoms with Gasteiger partial charge in [-0.1, -0.05) is 0 Å². The second-order valence-corrected chi connectivity index (χ2v) is 5.77. The van der Waals surface area contributed by atoms with Crippen molar-refractivity contribution in [1.82, 2.24) is 14.8 Å². The van der Waals surface area contributed by atoms with Crippen molar-refractivity contribution >= 4 is 17.3 Å². The van der Waals surface area contributed by atoms with Crippen molar-refractivity contribution in [1.29, 1.82) is 0 Å². The molecule has 0 spiro atoms. The molecule has 2 aromatic rings. The highest BCUT2D eigenvalue weighted by Crippen LogP contribution is 2.39. The van der Waals surface area contributed by atoms with Crippen LogP contribution in [-0.4, -0.2) is 42.4 Å². The van der Waals surface area contributed by atoms with Crippen LogP contribution in [0.3, 0.4) is 0 Å². The maximum Gasteiger partial charge on any atom is 0.169 e. The molecule has 122 valence electrons.